The molecule has 1 atom stereocenters. The Morgan fingerprint density at radius 2 is 1.89 bits per heavy atom. The standard InChI is InChI=1S/C14H20N2O3/c1-18-11-5-10(6-12(7-11)19-2)13(14(15)17)16-8-9-3-4-9/h5-7,9,13,16H,3-4,8H2,1-2H3,(H2,15,17). The number of ether oxygens (including phenoxy) is 2. The van der Waals surface area contributed by atoms with E-state index in [1.54, 1.807) is 32.4 Å². The predicted octanol–water partition coefficient (Wildman–Crippen LogP) is 1.23. The van der Waals surface area contributed by atoms with Crippen LogP contribution in [0.5, 0.6) is 11.5 Å². The first-order valence-electron chi connectivity index (χ1n) is 6.39. The zero-order chi connectivity index (χ0) is 13.8. The highest BCUT2D eigenvalue weighted by molar-refractivity contribution is 5.81. The molecule has 1 saturated carbocycles. The molecule has 0 bridgehead atoms. The van der Waals surface area contributed by atoms with Gasteiger partial charge < -0.3 is 20.5 Å². The molecular weight excluding hydrogens is 244 g/mol. The van der Waals surface area contributed by atoms with Crippen LogP contribution >= 0.6 is 0 Å². The van der Waals surface area contributed by atoms with Crippen molar-refractivity contribution in [2.75, 3.05) is 20.8 Å². The van der Waals surface area contributed by atoms with Crippen molar-refractivity contribution >= 4 is 5.91 Å². The van der Waals surface area contributed by atoms with Crippen LogP contribution in [0.2, 0.25) is 0 Å². The van der Waals surface area contributed by atoms with E-state index in [1.807, 2.05) is 0 Å². The van der Waals surface area contributed by atoms with Crippen molar-refractivity contribution in [1.82, 2.24) is 5.32 Å². The highest BCUT2D eigenvalue weighted by Gasteiger charge is 2.25. The fourth-order valence-electron chi connectivity index (χ4n) is 1.99. The van der Waals surface area contributed by atoms with Crippen molar-refractivity contribution in [1.29, 1.82) is 0 Å². The van der Waals surface area contributed by atoms with Gasteiger partial charge in [-0.05, 0) is 43.0 Å². The van der Waals surface area contributed by atoms with Gasteiger partial charge in [-0.25, -0.2) is 0 Å². The number of rotatable bonds is 7. The first-order valence-corrected chi connectivity index (χ1v) is 6.39. The van der Waals surface area contributed by atoms with E-state index in [-0.39, 0.29) is 0 Å². The van der Waals surface area contributed by atoms with Gasteiger partial charge in [0.15, 0.2) is 0 Å². The Kier molecular flexibility index (Phi) is 4.27. The van der Waals surface area contributed by atoms with E-state index >= 15 is 0 Å². The second-order valence-electron chi connectivity index (χ2n) is 4.83. The summed E-state index contributed by atoms with van der Waals surface area (Å²) in [6, 6.07) is 4.86. The van der Waals surface area contributed by atoms with Gasteiger partial charge in [0.05, 0.1) is 14.2 Å². The average Bonchev–Trinajstić information content (AvgIpc) is 3.22. The van der Waals surface area contributed by atoms with Crippen LogP contribution in [0.4, 0.5) is 0 Å². The number of benzene rings is 1. The van der Waals surface area contributed by atoms with E-state index in [9.17, 15) is 4.79 Å². The quantitative estimate of drug-likeness (QED) is 0.777. The number of primary amides is 1. The summed E-state index contributed by atoms with van der Waals surface area (Å²) in [6.07, 6.45) is 2.44. The van der Waals surface area contributed by atoms with Crippen molar-refractivity contribution in [3.63, 3.8) is 0 Å². The number of hydrogen-bond acceptors (Lipinski definition) is 4. The Bertz CT molecular complexity index is 436. The van der Waals surface area contributed by atoms with Gasteiger partial charge in [0.1, 0.15) is 17.5 Å². The molecule has 0 saturated heterocycles. The second-order valence-corrected chi connectivity index (χ2v) is 4.83. The summed E-state index contributed by atoms with van der Waals surface area (Å²) in [5.74, 6) is 1.58. The summed E-state index contributed by atoms with van der Waals surface area (Å²) in [4.78, 5) is 11.6. The highest BCUT2D eigenvalue weighted by Crippen LogP contribution is 2.30. The molecule has 1 aromatic rings. The van der Waals surface area contributed by atoms with Gasteiger partial charge in [0.2, 0.25) is 5.91 Å². The number of carbonyl (C=O) groups is 1. The summed E-state index contributed by atoms with van der Waals surface area (Å²) < 4.78 is 10.4. The molecule has 104 valence electrons. The molecule has 0 radical (unpaired) electrons. The average molecular weight is 264 g/mol. The fraction of sp³-hybridized carbons (Fsp3) is 0.500. The van der Waals surface area contributed by atoms with E-state index in [4.69, 9.17) is 15.2 Å². The normalized spacial score (nSPS) is 15.9. The number of amides is 1. The van der Waals surface area contributed by atoms with E-state index in [0.29, 0.717) is 17.4 Å². The third-order valence-corrected chi connectivity index (χ3v) is 3.30. The minimum Gasteiger partial charge on any atom is -0.497 e. The molecule has 3 N–H and O–H groups in total. The molecule has 1 unspecified atom stereocenters. The van der Waals surface area contributed by atoms with Crippen molar-refractivity contribution in [3.05, 3.63) is 23.8 Å². The summed E-state index contributed by atoms with van der Waals surface area (Å²) >= 11 is 0. The molecule has 0 heterocycles. The Hall–Kier alpha value is -1.75. The maximum Gasteiger partial charge on any atom is 0.239 e. The molecule has 1 amide bonds. The molecule has 1 aliphatic rings. The van der Waals surface area contributed by atoms with E-state index in [0.717, 1.165) is 12.1 Å². The number of hydrogen-bond donors (Lipinski definition) is 2. The van der Waals surface area contributed by atoms with Gasteiger partial charge in [0, 0.05) is 6.07 Å². The largest absolute Gasteiger partial charge is 0.497 e. The maximum atomic E-state index is 11.6. The van der Waals surface area contributed by atoms with E-state index in [1.165, 1.54) is 12.8 Å². The molecule has 19 heavy (non-hydrogen) atoms. The van der Waals surface area contributed by atoms with E-state index < -0.39 is 11.9 Å². The SMILES string of the molecule is COc1cc(OC)cc(C(NCC2CC2)C(N)=O)c1. The van der Waals surface area contributed by atoms with Crippen LogP contribution in [-0.2, 0) is 4.79 Å². The zero-order valence-electron chi connectivity index (χ0n) is 11.3. The predicted molar refractivity (Wildman–Crippen MR) is 72.2 cm³/mol. The molecule has 2 rings (SSSR count). The first kappa shape index (κ1) is 13.7. The van der Waals surface area contributed by atoms with Gasteiger partial charge in [-0.1, -0.05) is 0 Å². The van der Waals surface area contributed by atoms with Gasteiger partial charge in [-0.15, -0.1) is 0 Å². The van der Waals surface area contributed by atoms with Gasteiger partial charge in [-0.3, -0.25) is 4.79 Å². The number of carbonyl (C=O) groups excluding carboxylic acids is 1. The second kappa shape index (κ2) is 5.93. The van der Waals surface area contributed by atoms with Crippen LogP contribution in [0.25, 0.3) is 0 Å². The monoisotopic (exact) mass is 264 g/mol. The fourth-order valence-corrected chi connectivity index (χ4v) is 1.99. The topological polar surface area (TPSA) is 73.6 Å². The molecule has 1 fully saturated rings. The van der Waals surface area contributed by atoms with Crippen LogP contribution in [0.1, 0.15) is 24.4 Å². The molecular formula is C14H20N2O3. The molecule has 0 spiro atoms. The highest BCUT2D eigenvalue weighted by atomic mass is 16.5. The summed E-state index contributed by atoms with van der Waals surface area (Å²) in [6.45, 7) is 0.813. The molecule has 1 aliphatic carbocycles. The van der Waals surface area contributed by atoms with Crippen molar-refractivity contribution in [2.45, 2.75) is 18.9 Å². The Morgan fingerprint density at radius 1 is 1.32 bits per heavy atom. The summed E-state index contributed by atoms with van der Waals surface area (Å²) in [5.41, 5.74) is 6.24. The number of nitrogens with two attached hydrogens (primary N) is 1. The Labute approximate surface area is 113 Å². The summed E-state index contributed by atoms with van der Waals surface area (Å²) in [5, 5.41) is 3.21. The third kappa shape index (κ3) is 3.61. The molecule has 5 heteroatoms. The van der Waals surface area contributed by atoms with Gasteiger partial charge in [0.25, 0.3) is 0 Å². The lowest BCUT2D eigenvalue weighted by atomic mass is 10.1. The Balaban J connectivity index is 2.20. The number of methoxy groups -OCH3 is 2. The summed E-state index contributed by atoms with van der Waals surface area (Å²) in [7, 11) is 3.16. The van der Waals surface area contributed by atoms with Gasteiger partial charge >= 0.3 is 0 Å². The van der Waals surface area contributed by atoms with Crippen LogP contribution < -0.4 is 20.5 Å². The molecule has 0 aromatic heterocycles. The van der Waals surface area contributed by atoms with E-state index in [2.05, 4.69) is 5.32 Å². The lowest BCUT2D eigenvalue weighted by molar-refractivity contribution is -0.120. The maximum absolute atomic E-state index is 11.6. The molecule has 5 nitrogen and oxygen atoms in total. The smallest absolute Gasteiger partial charge is 0.239 e. The zero-order valence-corrected chi connectivity index (χ0v) is 11.3. The minimum absolute atomic E-state index is 0.393. The number of nitrogens with one attached hydrogen (secondary N) is 1. The lowest BCUT2D eigenvalue weighted by Gasteiger charge is -2.17. The third-order valence-electron chi connectivity index (χ3n) is 3.30. The molecule has 0 aliphatic heterocycles. The van der Waals surface area contributed by atoms with Gasteiger partial charge in [-0.2, -0.15) is 0 Å². The van der Waals surface area contributed by atoms with Crippen molar-refractivity contribution < 1.29 is 14.3 Å². The van der Waals surface area contributed by atoms with Crippen molar-refractivity contribution in [3.8, 4) is 11.5 Å². The first-order chi connectivity index (χ1) is 9.13. The van der Waals surface area contributed by atoms with Crippen LogP contribution in [0.15, 0.2) is 18.2 Å². The Morgan fingerprint density at radius 3 is 2.32 bits per heavy atom. The van der Waals surface area contributed by atoms with Crippen LogP contribution in [0.3, 0.4) is 0 Å². The van der Waals surface area contributed by atoms with Crippen LogP contribution in [-0.4, -0.2) is 26.7 Å². The minimum atomic E-state index is -0.510. The van der Waals surface area contributed by atoms with Crippen LogP contribution in [0, 0.1) is 5.92 Å². The lowest BCUT2D eigenvalue weighted by Crippen LogP contribution is -2.34. The molecule has 1 aromatic carbocycles. The van der Waals surface area contributed by atoms with Crippen molar-refractivity contribution in [2.24, 2.45) is 11.7 Å².